The van der Waals surface area contributed by atoms with Gasteiger partial charge in [0.15, 0.2) is 0 Å². The highest BCUT2D eigenvalue weighted by Crippen LogP contribution is 2.20. The van der Waals surface area contributed by atoms with E-state index in [-0.39, 0.29) is 0 Å². The van der Waals surface area contributed by atoms with Gasteiger partial charge in [0.1, 0.15) is 6.04 Å². The van der Waals surface area contributed by atoms with Crippen LogP contribution in [0.4, 0.5) is 0 Å². The van der Waals surface area contributed by atoms with Gasteiger partial charge in [0.25, 0.3) is 0 Å². The molecule has 18 heavy (non-hydrogen) atoms. The second kappa shape index (κ2) is 5.99. The monoisotopic (exact) mass is 255 g/mol. The second-order valence-electron chi connectivity index (χ2n) is 5.83. The molecule has 1 aliphatic heterocycles. The zero-order chi connectivity index (χ0) is 13.1. The number of likely N-dealkylation sites (tertiary alicyclic amines) is 1. The van der Waals surface area contributed by atoms with E-state index in [1.54, 1.807) is 0 Å². The summed E-state index contributed by atoms with van der Waals surface area (Å²) >= 11 is 0. The standard InChI is InChI=1S/C13H25N3O2/c1-15-7-3-4-11(8-15)16(2)9-12(13(17)18)14-10-5-6-10/h10-12,14H,3-9H2,1-2H3,(H,17,18). The van der Waals surface area contributed by atoms with E-state index in [1.807, 2.05) is 7.05 Å². The van der Waals surface area contributed by atoms with E-state index in [1.165, 1.54) is 12.8 Å². The summed E-state index contributed by atoms with van der Waals surface area (Å²) < 4.78 is 0. The van der Waals surface area contributed by atoms with Gasteiger partial charge in [-0.1, -0.05) is 0 Å². The average Bonchev–Trinajstić information content (AvgIpc) is 3.12. The van der Waals surface area contributed by atoms with Crippen molar-refractivity contribution in [3.8, 4) is 0 Å². The van der Waals surface area contributed by atoms with E-state index in [0.29, 0.717) is 18.6 Å². The van der Waals surface area contributed by atoms with Crippen molar-refractivity contribution in [3.63, 3.8) is 0 Å². The quantitative estimate of drug-likeness (QED) is 0.711. The van der Waals surface area contributed by atoms with Crippen LogP contribution in [0.5, 0.6) is 0 Å². The topological polar surface area (TPSA) is 55.8 Å². The molecule has 2 fully saturated rings. The maximum Gasteiger partial charge on any atom is 0.322 e. The summed E-state index contributed by atoms with van der Waals surface area (Å²) in [6.07, 6.45) is 4.63. The Balaban J connectivity index is 1.82. The fourth-order valence-electron chi connectivity index (χ4n) is 2.67. The molecule has 1 heterocycles. The Morgan fingerprint density at radius 1 is 1.50 bits per heavy atom. The molecular formula is C13H25N3O2. The Hall–Kier alpha value is -0.650. The maximum absolute atomic E-state index is 11.2. The normalized spacial score (nSPS) is 27.4. The molecule has 2 rings (SSSR count). The van der Waals surface area contributed by atoms with Crippen LogP contribution in [0, 0.1) is 0 Å². The first kappa shape index (κ1) is 13.8. The Bertz CT molecular complexity index is 294. The predicted octanol–water partition coefficient (Wildman–Crippen LogP) is 0.218. The SMILES string of the molecule is CN1CCCC(N(C)CC(NC2CC2)C(=O)O)C1. The number of rotatable bonds is 6. The Morgan fingerprint density at radius 2 is 2.22 bits per heavy atom. The number of aliphatic carboxylic acids is 1. The molecule has 104 valence electrons. The van der Waals surface area contributed by atoms with Gasteiger partial charge >= 0.3 is 5.97 Å². The maximum atomic E-state index is 11.2. The second-order valence-corrected chi connectivity index (χ2v) is 5.83. The van der Waals surface area contributed by atoms with Crippen LogP contribution in [0.15, 0.2) is 0 Å². The highest BCUT2D eigenvalue weighted by molar-refractivity contribution is 5.73. The van der Waals surface area contributed by atoms with Gasteiger partial charge in [0.05, 0.1) is 0 Å². The molecule has 0 bridgehead atoms. The fourth-order valence-corrected chi connectivity index (χ4v) is 2.67. The smallest absolute Gasteiger partial charge is 0.322 e. The number of carbonyl (C=O) groups is 1. The van der Waals surface area contributed by atoms with Crippen LogP contribution < -0.4 is 5.32 Å². The first-order chi connectivity index (χ1) is 8.56. The van der Waals surface area contributed by atoms with Gasteiger partial charge in [0.2, 0.25) is 0 Å². The van der Waals surface area contributed by atoms with Crippen LogP contribution in [0.3, 0.4) is 0 Å². The average molecular weight is 255 g/mol. The van der Waals surface area contributed by atoms with Crippen molar-refractivity contribution in [1.29, 1.82) is 0 Å². The third-order valence-corrected chi connectivity index (χ3v) is 4.01. The highest BCUT2D eigenvalue weighted by Gasteiger charge is 2.30. The van der Waals surface area contributed by atoms with Gasteiger partial charge in [0, 0.05) is 25.2 Å². The minimum atomic E-state index is -0.724. The first-order valence-corrected chi connectivity index (χ1v) is 6.94. The minimum Gasteiger partial charge on any atom is -0.480 e. The summed E-state index contributed by atoms with van der Waals surface area (Å²) in [7, 11) is 4.19. The lowest BCUT2D eigenvalue weighted by molar-refractivity contribution is -0.140. The highest BCUT2D eigenvalue weighted by atomic mass is 16.4. The predicted molar refractivity (Wildman–Crippen MR) is 70.7 cm³/mol. The van der Waals surface area contributed by atoms with Gasteiger partial charge in [-0.15, -0.1) is 0 Å². The van der Waals surface area contributed by atoms with Crippen molar-refractivity contribution >= 4 is 5.97 Å². The first-order valence-electron chi connectivity index (χ1n) is 6.94. The van der Waals surface area contributed by atoms with Crippen LogP contribution in [0.25, 0.3) is 0 Å². The van der Waals surface area contributed by atoms with Crippen LogP contribution >= 0.6 is 0 Å². The number of likely N-dealkylation sites (N-methyl/N-ethyl adjacent to an activating group) is 2. The Morgan fingerprint density at radius 3 is 2.78 bits per heavy atom. The number of carboxylic acid groups (broad SMARTS) is 1. The number of hydrogen-bond acceptors (Lipinski definition) is 4. The van der Waals surface area contributed by atoms with Crippen molar-refractivity contribution < 1.29 is 9.90 Å². The molecule has 0 aromatic heterocycles. The molecule has 5 nitrogen and oxygen atoms in total. The summed E-state index contributed by atoms with van der Waals surface area (Å²) in [4.78, 5) is 15.8. The number of piperidine rings is 1. The molecule has 0 aromatic rings. The molecule has 0 radical (unpaired) electrons. The van der Waals surface area contributed by atoms with Crippen molar-refractivity contribution in [2.75, 3.05) is 33.7 Å². The Labute approximate surface area is 109 Å². The van der Waals surface area contributed by atoms with Crippen LogP contribution in [-0.2, 0) is 4.79 Å². The van der Waals surface area contributed by atoms with E-state index in [4.69, 9.17) is 0 Å². The molecule has 1 saturated heterocycles. The van der Waals surface area contributed by atoms with E-state index >= 15 is 0 Å². The summed E-state index contributed by atoms with van der Waals surface area (Å²) in [5.74, 6) is -0.724. The summed E-state index contributed by atoms with van der Waals surface area (Å²) in [5, 5.41) is 12.5. The van der Waals surface area contributed by atoms with E-state index in [0.717, 1.165) is 25.9 Å². The van der Waals surface area contributed by atoms with E-state index < -0.39 is 12.0 Å². The fraction of sp³-hybridized carbons (Fsp3) is 0.923. The number of hydrogen-bond donors (Lipinski definition) is 2. The van der Waals surface area contributed by atoms with Crippen molar-refractivity contribution in [2.45, 2.75) is 43.8 Å². The third kappa shape index (κ3) is 3.93. The van der Waals surface area contributed by atoms with Gasteiger partial charge in [-0.2, -0.15) is 0 Å². The lowest BCUT2D eigenvalue weighted by Gasteiger charge is -2.37. The van der Waals surface area contributed by atoms with Crippen LogP contribution in [-0.4, -0.2) is 72.7 Å². The summed E-state index contributed by atoms with van der Waals surface area (Å²) in [5.41, 5.74) is 0. The number of carboxylic acids is 1. The molecule has 1 aliphatic carbocycles. The minimum absolute atomic E-state index is 0.422. The summed E-state index contributed by atoms with van der Waals surface area (Å²) in [6.45, 7) is 2.81. The molecule has 0 amide bonds. The largest absolute Gasteiger partial charge is 0.480 e. The van der Waals surface area contributed by atoms with Crippen molar-refractivity contribution in [3.05, 3.63) is 0 Å². The summed E-state index contributed by atoms with van der Waals surface area (Å²) in [6, 6.07) is 0.509. The zero-order valence-electron chi connectivity index (χ0n) is 11.4. The molecule has 2 atom stereocenters. The lowest BCUT2D eigenvalue weighted by atomic mass is 10.0. The lowest BCUT2D eigenvalue weighted by Crippen LogP contribution is -2.52. The van der Waals surface area contributed by atoms with Crippen LogP contribution in [0.2, 0.25) is 0 Å². The van der Waals surface area contributed by atoms with Crippen LogP contribution in [0.1, 0.15) is 25.7 Å². The van der Waals surface area contributed by atoms with E-state index in [2.05, 4.69) is 22.2 Å². The van der Waals surface area contributed by atoms with Crippen molar-refractivity contribution in [1.82, 2.24) is 15.1 Å². The molecule has 5 heteroatoms. The molecule has 0 spiro atoms. The molecular weight excluding hydrogens is 230 g/mol. The molecule has 1 saturated carbocycles. The van der Waals surface area contributed by atoms with Gasteiger partial charge in [-0.3, -0.25) is 9.69 Å². The molecule has 2 N–H and O–H groups in total. The van der Waals surface area contributed by atoms with Gasteiger partial charge in [-0.05, 0) is 46.3 Å². The Kier molecular flexibility index (Phi) is 4.59. The van der Waals surface area contributed by atoms with E-state index in [9.17, 15) is 9.90 Å². The number of nitrogens with one attached hydrogen (secondary N) is 1. The third-order valence-electron chi connectivity index (χ3n) is 4.01. The molecule has 2 unspecified atom stereocenters. The number of nitrogens with zero attached hydrogens (tertiary/aromatic N) is 2. The zero-order valence-corrected chi connectivity index (χ0v) is 11.4. The molecule has 0 aromatic carbocycles. The van der Waals surface area contributed by atoms with Crippen molar-refractivity contribution in [2.24, 2.45) is 0 Å². The van der Waals surface area contributed by atoms with Gasteiger partial charge < -0.3 is 15.3 Å². The molecule has 2 aliphatic rings. The van der Waals surface area contributed by atoms with Gasteiger partial charge in [-0.25, -0.2) is 0 Å².